The van der Waals surface area contributed by atoms with E-state index in [-0.39, 0.29) is 17.4 Å². The predicted octanol–water partition coefficient (Wildman–Crippen LogP) is 4.17. The number of methoxy groups -OCH3 is 1. The Balaban J connectivity index is 2.13. The van der Waals surface area contributed by atoms with E-state index in [0.29, 0.717) is 0 Å². The summed E-state index contributed by atoms with van der Waals surface area (Å²) < 4.78 is 19.3. The smallest absolute Gasteiger partial charge is 0.262 e. The third-order valence-electron chi connectivity index (χ3n) is 4.97. The molecule has 166 valence electrons. The maximum atomic E-state index is 13.9. The number of hydrogen-bond acceptors (Lipinski definition) is 4. The Morgan fingerprint density at radius 3 is 2.39 bits per heavy atom. The van der Waals surface area contributed by atoms with Gasteiger partial charge in [0.1, 0.15) is 17.6 Å². The maximum absolute atomic E-state index is 13.9. The van der Waals surface area contributed by atoms with Crippen LogP contribution in [0.4, 0.5) is 4.39 Å². The van der Waals surface area contributed by atoms with Crippen LogP contribution in [0, 0.1) is 18.7 Å². The van der Waals surface area contributed by atoms with Crippen molar-refractivity contribution in [3.8, 4) is 5.75 Å². The van der Waals surface area contributed by atoms with Crippen LogP contribution in [0.2, 0.25) is 0 Å². The van der Waals surface area contributed by atoms with Crippen molar-refractivity contribution in [2.75, 3.05) is 7.11 Å². The lowest BCUT2D eigenvalue weighted by Gasteiger charge is -2.20. The van der Waals surface area contributed by atoms with Gasteiger partial charge in [0.25, 0.3) is 11.8 Å². The zero-order valence-electron chi connectivity index (χ0n) is 18.8. The first-order valence-corrected chi connectivity index (χ1v) is 10.2. The number of rotatable bonds is 8. The van der Waals surface area contributed by atoms with Crippen molar-refractivity contribution in [1.29, 1.82) is 0 Å². The quantitative estimate of drug-likeness (QED) is 0.490. The van der Waals surface area contributed by atoms with Crippen molar-refractivity contribution in [2.45, 2.75) is 46.6 Å². The van der Waals surface area contributed by atoms with Gasteiger partial charge in [-0.1, -0.05) is 39.8 Å². The van der Waals surface area contributed by atoms with Crippen LogP contribution in [0.25, 0.3) is 0 Å². The number of aryl methyl sites for hydroxylation is 1. The summed E-state index contributed by atoms with van der Waals surface area (Å²) in [6.07, 6.45) is 1.56. The van der Waals surface area contributed by atoms with Crippen molar-refractivity contribution >= 4 is 18.0 Å². The van der Waals surface area contributed by atoms with Gasteiger partial charge in [-0.25, -0.2) is 9.82 Å². The number of hydrogen-bond donors (Lipinski definition) is 2. The van der Waals surface area contributed by atoms with Crippen molar-refractivity contribution in [3.05, 3.63) is 64.5 Å². The first kappa shape index (κ1) is 24.1. The zero-order valence-corrected chi connectivity index (χ0v) is 18.8. The van der Waals surface area contributed by atoms with Crippen LogP contribution in [0.15, 0.2) is 41.5 Å². The molecule has 1 unspecified atom stereocenters. The molecule has 0 spiro atoms. The average molecular weight is 428 g/mol. The van der Waals surface area contributed by atoms with Gasteiger partial charge in [0, 0.05) is 0 Å². The van der Waals surface area contributed by atoms with Crippen LogP contribution in [0.5, 0.6) is 5.75 Å². The molecule has 2 N–H and O–H groups in total. The summed E-state index contributed by atoms with van der Waals surface area (Å²) in [5.41, 5.74) is 5.21. The number of nitrogens with zero attached hydrogens (tertiary/aromatic N) is 1. The van der Waals surface area contributed by atoms with Gasteiger partial charge < -0.3 is 10.1 Å². The van der Waals surface area contributed by atoms with E-state index in [1.165, 1.54) is 18.2 Å². The Hall–Kier alpha value is -3.22. The highest BCUT2D eigenvalue weighted by molar-refractivity contribution is 5.98. The highest BCUT2D eigenvalue weighted by Gasteiger charge is 2.25. The summed E-state index contributed by atoms with van der Waals surface area (Å²) in [4.78, 5) is 25.0. The standard InChI is InChI=1S/C24H30FN3O3/c1-14(2)19-12-17(16(5)11-21(19)31-6)13-26-28-24(30)22(15(3)4)27-23(29)18-9-7-8-10-20(18)25/h7-15,22H,1-6H3,(H,27,29)(H,28,30)/b26-13+. The van der Waals surface area contributed by atoms with Crippen molar-refractivity contribution in [3.63, 3.8) is 0 Å². The van der Waals surface area contributed by atoms with Gasteiger partial charge in [-0.3, -0.25) is 9.59 Å². The third-order valence-corrected chi connectivity index (χ3v) is 4.97. The van der Waals surface area contributed by atoms with E-state index in [9.17, 15) is 14.0 Å². The normalized spacial score (nSPS) is 12.3. The molecule has 2 aromatic carbocycles. The van der Waals surface area contributed by atoms with E-state index in [4.69, 9.17) is 4.74 Å². The molecular formula is C24H30FN3O3. The largest absolute Gasteiger partial charge is 0.496 e. The number of hydrazone groups is 1. The number of nitrogens with one attached hydrogen (secondary N) is 2. The van der Waals surface area contributed by atoms with E-state index in [0.717, 1.165) is 22.4 Å². The van der Waals surface area contributed by atoms with Gasteiger partial charge in [0.15, 0.2) is 0 Å². The summed E-state index contributed by atoms with van der Waals surface area (Å²) in [5.74, 6) is -0.923. The number of carbonyl (C=O) groups excluding carboxylic acids is 2. The first-order chi connectivity index (χ1) is 14.6. The first-order valence-electron chi connectivity index (χ1n) is 10.2. The molecule has 0 heterocycles. The zero-order chi connectivity index (χ0) is 23.1. The highest BCUT2D eigenvalue weighted by atomic mass is 19.1. The second-order valence-electron chi connectivity index (χ2n) is 8.01. The molecule has 0 aliphatic carbocycles. The van der Waals surface area contributed by atoms with Crippen LogP contribution in [-0.2, 0) is 4.79 Å². The number of amides is 2. The van der Waals surface area contributed by atoms with Gasteiger partial charge in [0.2, 0.25) is 0 Å². The predicted molar refractivity (Wildman–Crippen MR) is 120 cm³/mol. The van der Waals surface area contributed by atoms with E-state index < -0.39 is 23.7 Å². The minimum Gasteiger partial charge on any atom is -0.496 e. The molecule has 0 saturated heterocycles. The van der Waals surface area contributed by atoms with Gasteiger partial charge in [-0.15, -0.1) is 0 Å². The Bertz CT molecular complexity index is 971. The minimum atomic E-state index is -0.868. The van der Waals surface area contributed by atoms with Crippen LogP contribution >= 0.6 is 0 Å². The van der Waals surface area contributed by atoms with Crippen molar-refractivity contribution in [2.24, 2.45) is 11.0 Å². The lowest BCUT2D eigenvalue weighted by atomic mass is 9.97. The summed E-state index contributed by atoms with van der Waals surface area (Å²) in [6.45, 7) is 9.65. The van der Waals surface area contributed by atoms with E-state index >= 15 is 0 Å². The highest BCUT2D eigenvalue weighted by Crippen LogP contribution is 2.29. The summed E-state index contributed by atoms with van der Waals surface area (Å²) in [5, 5.41) is 6.66. The van der Waals surface area contributed by atoms with Gasteiger partial charge in [-0.05, 0) is 59.7 Å². The molecule has 2 rings (SSSR count). The molecule has 31 heavy (non-hydrogen) atoms. The molecule has 0 aliphatic rings. The number of benzene rings is 2. The topological polar surface area (TPSA) is 79.8 Å². The molecule has 0 fully saturated rings. The fourth-order valence-corrected chi connectivity index (χ4v) is 3.12. The Labute approximate surface area is 182 Å². The Kier molecular flexibility index (Phi) is 8.30. The molecule has 2 amide bonds. The van der Waals surface area contributed by atoms with Gasteiger partial charge >= 0.3 is 0 Å². The van der Waals surface area contributed by atoms with Gasteiger partial charge in [0.05, 0.1) is 18.9 Å². The molecule has 2 aromatic rings. The van der Waals surface area contributed by atoms with Crippen LogP contribution < -0.4 is 15.5 Å². The van der Waals surface area contributed by atoms with E-state index in [2.05, 4.69) is 29.7 Å². The molecule has 0 saturated carbocycles. The summed E-state index contributed by atoms with van der Waals surface area (Å²) in [7, 11) is 1.64. The van der Waals surface area contributed by atoms with Crippen LogP contribution in [-0.4, -0.2) is 31.2 Å². The molecular weight excluding hydrogens is 397 g/mol. The second kappa shape index (κ2) is 10.7. The Morgan fingerprint density at radius 2 is 1.81 bits per heavy atom. The second-order valence-corrected chi connectivity index (χ2v) is 8.01. The molecule has 7 heteroatoms. The monoisotopic (exact) mass is 427 g/mol. The van der Waals surface area contributed by atoms with Crippen LogP contribution in [0.1, 0.15) is 60.7 Å². The number of halogens is 1. The minimum absolute atomic E-state index is 0.112. The third kappa shape index (κ3) is 6.13. The maximum Gasteiger partial charge on any atom is 0.262 e. The lowest BCUT2D eigenvalue weighted by molar-refractivity contribution is -0.123. The van der Waals surface area contributed by atoms with E-state index in [1.807, 2.05) is 19.1 Å². The van der Waals surface area contributed by atoms with E-state index in [1.54, 1.807) is 33.2 Å². The molecule has 6 nitrogen and oxygen atoms in total. The summed E-state index contributed by atoms with van der Waals surface area (Å²) >= 11 is 0. The number of carbonyl (C=O) groups is 2. The lowest BCUT2D eigenvalue weighted by Crippen LogP contribution is -2.48. The SMILES string of the molecule is COc1cc(C)c(/C=N/NC(=O)C(NC(=O)c2ccccc2F)C(C)C)cc1C(C)C. The fraction of sp³-hybridized carbons (Fsp3) is 0.375. The average Bonchev–Trinajstić information content (AvgIpc) is 2.72. The number of ether oxygens (including phenoxy) is 1. The van der Waals surface area contributed by atoms with Crippen molar-refractivity contribution < 1.29 is 18.7 Å². The van der Waals surface area contributed by atoms with Gasteiger partial charge in [-0.2, -0.15) is 5.10 Å². The molecule has 0 radical (unpaired) electrons. The molecule has 1 atom stereocenters. The molecule has 0 aromatic heterocycles. The Morgan fingerprint density at radius 1 is 1.13 bits per heavy atom. The summed E-state index contributed by atoms with van der Waals surface area (Å²) in [6, 6.07) is 8.68. The molecule has 0 aliphatic heterocycles. The van der Waals surface area contributed by atoms with Crippen LogP contribution in [0.3, 0.4) is 0 Å². The fourth-order valence-electron chi connectivity index (χ4n) is 3.12. The molecule has 0 bridgehead atoms. The van der Waals surface area contributed by atoms with Crippen molar-refractivity contribution in [1.82, 2.24) is 10.7 Å².